The van der Waals surface area contributed by atoms with Gasteiger partial charge >= 0.3 is 0 Å². The van der Waals surface area contributed by atoms with E-state index in [1.807, 2.05) is 0 Å². The molecule has 0 unspecified atom stereocenters. The SMILES string of the molecule is CN(Cc1ncc[nH]1)C(=O)c1coc(CN2CCc3ccccc3C2)n1. The second-order valence-electron chi connectivity index (χ2n) is 6.55. The number of nitrogens with zero attached hydrogens (tertiary/aromatic N) is 4. The highest BCUT2D eigenvalue weighted by Gasteiger charge is 2.21. The second kappa shape index (κ2) is 7.13. The smallest absolute Gasteiger partial charge is 0.275 e. The number of hydrogen-bond acceptors (Lipinski definition) is 5. The van der Waals surface area contributed by atoms with Crippen LogP contribution in [0, 0.1) is 0 Å². The minimum absolute atomic E-state index is 0.180. The van der Waals surface area contributed by atoms with E-state index in [1.165, 1.54) is 17.4 Å². The first-order valence-electron chi connectivity index (χ1n) is 8.66. The molecule has 0 saturated heterocycles. The molecule has 3 aromatic rings. The van der Waals surface area contributed by atoms with E-state index < -0.39 is 0 Å². The molecule has 1 amide bonds. The van der Waals surface area contributed by atoms with Crippen LogP contribution in [0.3, 0.4) is 0 Å². The summed E-state index contributed by atoms with van der Waals surface area (Å²) in [5, 5.41) is 0. The maximum atomic E-state index is 12.5. The molecule has 0 fully saturated rings. The van der Waals surface area contributed by atoms with E-state index >= 15 is 0 Å². The molecule has 134 valence electrons. The average molecular weight is 351 g/mol. The molecule has 0 atom stereocenters. The van der Waals surface area contributed by atoms with Gasteiger partial charge in [-0.1, -0.05) is 24.3 Å². The van der Waals surface area contributed by atoms with E-state index in [0.717, 1.165) is 25.3 Å². The topological polar surface area (TPSA) is 78.3 Å². The fraction of sp³-hybridized carbons (Fsp3) is 0.316. The Balaban J connectivity index is 1.38. The van der Waals surface area contributed by atoms with Crippen molar-refractivity contribution in [2.24, 2.45) is 0 Å². The Labute approximate surface area is 151 Å². The zero-order valence-electron chi connectivity index (χ0n) is 14.7. The summed E-state index contributed by atoms with van der Waals surface area (Å²) in [6.07, 6.45) is 5.86. The van der Waals surface area contributed by atoms with Crippen LogP contribution in [0.25, 0.3) is 0 Å². The van der Waals surface area contributed by atoms with Gasteiger partial charge in [0.15, 0.2) is 5.69 Å². The Morgan fingerprint density at radius 1 is 1.35 bits per heavy atom. The van der Waals surface area contributed by atoms with Crippen molar-refractivity contribution >= 4 is 5.91 Å². The first-order valence-corrected chi connectivity index (χ1v) is 8.66. The molecule has 4 rings (SSSR count). The number of amides is 1. The summed E-state index contributed by atoms with van der Waals surface area (Å²) >= 11 is 0. The number of benzene rings is 1. The summed E-state index contributed by atoms with van der Waals surface area (Å²) in [6, 6.07) is 8.50. The van der Waals surface area contributed by atoms with Gasteiger partial charge in [-0.3, -0.25) is 9.69 Å². The van der Waals surface area contributed by atoms with Gasteiger partial charge in [0, 0.05) is 32.5 Å². The van der Waals surface area contributed by atoms with Gasteiger partial charge in [-0.25, -0.2) is 9.97 Å². The molecule has 7 heteroatoms. The van der Waals surface area contributed by atoms with Gasteiger partial charge in [0.2, 0.25) is 5.89 Å². The van der Waals surface area contributed by atoms with Gasteiger partial charge in [0.05, 0.1) is 13.1 Å². The Hall–Kier alpha value is -2.93. The van der Waals surface area contributed by atoms with Gasteiger partial charge in [0.1, 0.15) is 12.1 Å². The summed E-state index contributed by atoms with van der Waals surface area (Å²) in [7, 11) is 1.72. The molecule has 1 aliphatic heterocycles. The van der Waals surface area contributed by atoms with Crippen molar-refractivity contribution in [2.45, 2.75) is 26.1 Å². The van der Waals surface area contributed by atoms with Crippen LogP contribution in [0.15, 0.2) is 47.3 Å². The van der Waals surface area contributed by atoms with Crippen molar-refractivity contribution in [1.82, 2.24) is 24.8 Å². The van der Waals surface area contributed by atoms with Crippen LogP contribution in [-0.4, -0.2) is 44.3 Å². The average Bonchev–Trinajstić information content (AvgIpc) is 3.33. The molecule has 0 spiro atoms. The lowest BCUT2D eigenvalue weighted by atomic mass is 10.00. The van der Waals surface area contributed by atoms with Crippen molar-refractivity contribution in [1.29, 1.82) is 0 Å². The van der Waals surface area contributed by atoms with Crippen LogP contribution in [0.2, 0.25) is 0 Å². The number of aromatic nitrogens is 3. The summed E-state index contributed by atoms with van der Waals surface area (Å²) in [5.74, 6) is 1.12. The van der Waals surface area contributed by atoms with E-state index in [2.05, 4.69) is 44.1 Å². The number of carbonyl (C=O) groups excluding carboxylic acids is 1. The molecule has 7 nitrogen and oxygen atoms in total. The third-order valence-electron chi connectivity index (χ3n) is 4.63. The number of H-pyrrole nitrogens is 1. The van der Waals surface area contributed by atoms with Crippen LogP contribution in [0.1, 0.15) is 33.3 Å². The van der Waals surface area contributed by atoms with E-state index in [4.69, 9.17) is 4.42 Å². The van der Waals surface area contributed by atoms with Gasteiger partial charge in [-0.05, 0) is 17.5 Å². The summed E-state index contributed by atoms with van der Waals surface area (Å²) in [6.45, 7) is 2.84. The van der Waals surface area contributed by atoms with Crippen molar-refractivity contribution in [2.75, 3.05) is 13.6 Å². The predicted octanol–water partition coefficient (Wildman–Crippen LogP) is 2.23. The first kappa shape index (κ1) is 16.5. The van der Waals surface area contributed by atoms with Gasteiger partial charge in [0.25, 0.3) is 5.91 Å². The Kier molecular flexibility index (Phi) is 4.53. The summed E-state index contributed by atoms with van der Waals surface area (Å²) < 4.78 is 5.54. The minimum atomic E-state index is -0.180. The normalized spacial score (nSPS) is 14.2. The first-order chi connectivity index (χ1) is 12.7. The molecule has 0 aliphatic carbocycles. The monoisotopic (exact) mass is 351 g/mol. The molecule has 0 bridgehead atoms. The number of rotatable bonds is 5. The highest BCUT2D eigenvalue weighted by atomic mass is 16.3. The maximum absolute atomic E-state index is 12.5. The molecule has 2 aromatic heterocycles. The predicted molar refractivity (Wildman–Crippen MR) is 95.1 cm³/mol. The van der Waals surface area contributed by atoms with Crippen LogP contribution >= 0.6 is 0 Å². The van der Waals surface area contributed by atoms with E-state index in [9.17, 15) is 4.79 Å². The second-order valence-corrected chi connectivity index (χ2v) is 6.55. The third-order valence-corrected chi connectivity index (χ3v) is 4.63. The molecule has 1 aliphatic rings. The number of hydrogen-bond donors (Lipinski definition) is 1. The van der Waals surface area contributed by atoms with Crippen LogP contribution in [0.4, 0.5) is 0 Å². The van der Waals surface area contributed by atoms with Crippen molar-refractivity contribution < 1.29 is 9.21 Å². The third kappa shape index (κ3) is 3.52. The number of fused-ring (bicyclic) bond motifs is 1. The van der Waals surface area contributed by atoms with E-state index in [1.54, 1.807) is 24.3 Å². The van der Waals surface area contributed by atoms with E-state index in [-0.39, 0.29) is 5.91 Å². The van der Waals surface area contributed by atoms with Crippen molar-refractivity contribution in [3.63, 3.8) is 0 Å². The van der Waals surface area contributed by atoms with Gasteiger partial charge in [-0.15, -0.1) is 0 Å². The molecular formula is C19H21N5O2. The highest BCUT2D eigenvalue weighted by molar-refractivity contribution is 5.91. The Morgan fingerprint density at radius 2 is 2.19 bits per heavy atom. The van der Waals surface area contributed by atoms with E-state index in [0.29, 0.717) is 24.7 Å². The fourth-order valence-electron chi connectivity index (χ4n) is 3.24. The largest absolute Gasteiger partial charge is 0.447 e. The van der Waals surface area contributed by atoms with Gasteiger partial charge < -0.3 is 14.3 Å². The molecule has 0 radical (unpaired) electrons. The summed E-state index contributed by atoms with van der Waals surface area (Å²) in [4.78, 5) is 27.8. The number of oxazole rings is 1. The highest BCUT2D eigenvalue weighted by Crippen LogP contribution is 2.20. The van der Waals surface area contributed by atoms with Crippen LogP contribution < -0.4 is 0 Å². The van der Waals surface area contributed by atoms with Crippen molar-refractivity contribution in [3.05, 3.63) is 71.5 Å². The van der Waals surface area contributed by atoms with Gasteiger partial charge in [-0.2, -0.15) is 0 Å². The molecule has 26 heavy (non-hydrogen) atoms. The quantitative estimate of drug-likeness (QED) is 0.763. The lowest BCUT2D eigenvalue weighted by molar-refractivity contribution is 0.0776. The number of carbonyl (C=O) groups is 1. The molecule has 1 aromatic carbocycles. The lowest BCUT2D eigenvalue weighted by Gasteiger charge is -2.27. The Bertz CT molecular complexity index is 887. The minimum Gasteiger partial charge on any atom is -0.447 e. The number of nitrogens with one attached hydrogen (secondary N) is 1. The zero-order chi connectivity index (χ0) is 17.9. The molecular weight excluding hydrogens is 330 g/mol. The van der Waals surface area contributed by atoms with Crippen LogP contribution in [0.5, 0.6) is 0 Å². The lowest BCUT2D eigenvalue weighted by Crippen LogP contribution is -2.30. The van der Waals surface area contributed by atoms with Crippen LogP contribution in [-0.2, 0) is 26.1 Å². The molecule has 0 saturated carbocycles. The maximum Gasteiger partial charge on any atom is 0.275 e. The number of aromatic amines is 1. The Morgan fingerprint density at radius 3 is 3.00 bits per heavy atom. The zero-order valence-corrected chi connectivity index (χ0v) is 14.7. The molecule has 1 N–H and O–H groups in total. The summed E-state index contributed by atoms with van der Waals surface area (Å²) in [5.41, 5.74) is 3.08. The fourth-order valence-corrected chi connectivity index (χ4v) is 3.24. The standard InChI is InChI=1S/C19H21N5O2/c1-23(11-17-20-7-8-21-17)19(25)16-13-26-18(22-16)12-24-9-6-14-4-2-3-5-15(14)10-24/h2-5,7-8,13H,6,9-12H2,1H3,(H,20,21). The molecule has 3 heterocycles. The van der Waals surface area contributed by atoms with Crippen molar-refractivity contribution in [3.8, 4) is 0 Å². The number of imidazole rings is 1.